The summed E-state index contributed by atoms with van der Waals surface area (Å²) in [5.41, 5.74) is 0. The van der Waals surface area contributed by atoms with Gasteiger partial charge in [0.15, 0.2) is 0 Å². The second-order valence-corrected chi connectivity index (χ2v) is 1.70. The molecule has 0 saturated carbocycles. The Morgan fingerprint density at radius 2 is 2.00 bits per heavy atom. The Morgan fingerprint density at radius 1 is 1.50 bits per heavy atom. The summed E-state index contributed by atoms with van der Waals surface area (Å²) in [6.07, 6.45) is 4.98. The third-order valence-electron chi connectivity index (χ3n) is 0.500. The molecule has 0 atom stereocenters. The number of allylic oxidation sites excluding steroid dienone is 2. The quantitative estimate of drug-likeness (QED) is 0.455. The standard InChI is InChI=1S/C6H11/c1-4-5-6(2)3/h5-6H,1-3H3. The van der Waals surface area contributed by atoms with Gasteiger partial charge in [-0.3, -0.25) is 0 Å². The molecule has 0 nitrogen and oxygen atoms in total. The van der Waals surface area contributed by atoms with E-state index in [1.165, 1.54) is 0 Å². The summed E-state index contributed by atoms with van der Waals surface area (Å²) in [4.78, 5) is 0. The normalized spacial score (nSPS) is 11.3. The molecule has 0 bridgehead atoms. The van der Waals surface area contributed by atoms with Crippen molar-refractivity contribution in [2.24, 2.45) is 5.92 Å². The molecule has 0 amide bonds. The summed E-state index contributed by atoms with van der Waals surface area (Å²) in [7, 11) is 0. The first-order valence-corrected chi connectivity index (χ1v) is 2.28. The monoisotopic (exact) mass is 83.1 g/mol. The van der Waals surface area contributed by atoms with Crippen molar-refractivity contribution < 1.29 is 0 Å². The zero-order valence-corrected chi connectivity index (χ0v) is 4.65. The van der Waals surface area contributed by atoms with Crippen LogP contribution in [0.3, 0.4) is 0 Å². The van der Waals surface area contributed by atoms with E-state index >= 15 is 0 Å². The van der Waals surface area contributed by atoms with Gasteiger partial charge in [-0.2, -0.15) is 0 Å². The maximum absolute atomic E-state index is 2.94. The van der Waals surface area contributed by atoms with Crippen LogP contribution in [0.1, 0.15) is 20.8 Å². The molecule has 0 spiro atoms. The lowest BCUT2D eigenvalue weighted by Gasteiger charge is -1.86. The SMILES string of the molecule is C/[C]=C/C(C)C. The van der Waals surface area contributed by atoms with E-state index in [9.17, 15) is 0 Å². The Balaban J connectivity index is 3.03. The Labute approximate surface area is 39.9 Å². The number of rotatable bonds is 1. The first-order valence-electron chi connectivity index (χ1n) is 2.28. The van der Waals surface area contributed by atoms with Gasteiger partial charge in [-0.1, -0.05) is 26.0 Å². The van der Waals surface area contributed by atoms with E-state index in [1.54, 1.807) is 0 Å². The average Bonchev–Trinajstić information content (AvgIpc) is 1.35. The zero-order valence-electron chi connectivity index (χ0n) is 4.65. The minimum atomic E-state index is 0.662. The third kappa shape index (κ3) is 3.74. The van der Waals surface area contributed by atoms with E-state index in [1.807, 2.05) is 13.0 Å². The van der Waals surface area contributed by atoms with Crippen molar-refractivity contribution in [1.82, 2.24) is 0 Å². The molecular formula is C6H11. The summed E-state index contributed by atoms with van der Waals surface area (Å²) < 4.78 is 0. The van der Waals surface area contributed by atoms with Gasteiger partial charge < -0.3 is 0 Å². The van der Waals surface area contributed by atoms with Crippen molar-refractivity contribution in [2.75, 3.05) is 0 Å². The average molecular weight is 83.2 g/mol. The van der Waals surface area contributed by atoms with Crippen molar-refractivity contribution in [3.63, 3.8) is 0 Å². The van der Waals surface area contributed by atoms with Crippen molar-refractivity contribution in [2.45, 2.75) is 20.8 Å². The highest BCUT2D eigenvalue weighted by Crippen LogP contribution is 1.90. The van der Waals surface area contributed by atoms with Crippen LogP contribution in [-0.4, -0.2) is 0 Å². The Morgan fingerprint density at radius 3 is 2.00 bits per heavy atom. The highest BCUT2D eigenvalue weighted by molar-refractivity contribution is 4.72. The molecular weight excluding hydrogens is 72.1 g/mol. The van der Waals surface area contributed by atoms with Crippen LogP contribution >= 0.6 is 0 Å². The van der Waals surface area contributed by atoms with E-state index in [4.69, 9.17) is 0 Å². The molecule has 0 aliphatic carbocycles. The van der Waals surface area contributed by atoms with Gasteiger partial charge in [-0.25, -0.2) is 0 Å². The molecule has 0 aromatic carbocycles. The molecule has 0 heteroatoms. The summed E-state index contributed by atoms with van der Waals surface area (Å²) in [5, 5.41) is 0. The van der Waals surface area contributed by atoms with Crippen LogP contribution in [0.25, 0.3) is 0 Å². The van der Waals surface area contributed by atoms with E-state index in [0.717, 1.165) is 0 Å². The van der Waals surface area contributed by atoms with Crippen molar-refractivity contribution >= 4 is 0 Å². The minimum absolute atomic E-state index is 0.662. The number of hydrogen-bond donors (Lipinski definition) is 0. The molecule has 0 fully saturated rings. The smallest absolute Gasteiger partial charge is 0.0285 e. The topological polar surface area (TPSA) is 0 Å². The second kappa shape index (κ2) is 2.95. The van der Waals surface area contributed by atoms with Crippen molar-refractivity contribution in [1.29, 1.82) is 0 Å². The Kier molecular flexibility index (Phi) is 2.82. The lowest BCUT2D eigenvalue weighted by atomic mass is 10.2. The largest absolute Gasteiger partial charge is 0.0788 e. The molecule has 0 heterocycles. The first kappa shape index (κ1) is 5.74. The first-order chi connectivity index (χ1) is 2.77. The van der Waals surface area contributed by atoms with Crippen molar-refractivity contribution in [3.05, 3.63) is 12.2 Å². The van der Waals surface area contributed by atoms with E-state index < -0.39 is 0 Å². The predicted molar refractivity (Wildman–Crippen MR) is 28.3 cm³/mol. The molecule has 0 aromatic rings. The maximum atomic E-state index is 2.94. The van der Waals surface area contributed by atoms with Crippen molar-refractivity contribution in [3.8, 4) is 0 Å². The van der Waals surface area contributed by atoms with Crippen LogP contribution < -0.4 is 0 Å². The molecule has 0 saturated heterocycles. The van der Waals surface area contributed by atoms with Gasteiger partial charge in [0.05, 0.1) is 0 Å². The van der Waals surface area contributed by atoms with Gasteiger partial charge >= 0.3 is 0 Å². The van der Waals surface area contributed by atoms with E-state index in [2.05, 4.69) is 19.9 Å². The summed E-state index contributed by atoms with van der Waals surface area (Å²) >= 11 is 0. The molecule has 0 aromatic heterocycles. The molecule has 0 N–H and O–H groups in total. The van der Waals surface area contributed by atoms with Crippen LogP contribution in [-0.2, 0) is 0 Å². The third-order valence-corrected chi connectivity index (χ3v) is 0.500. The van der Waals surface area contributed by atoms with E-state index in [-0.39, 0.29) is 0 Å². The fourth-order valence-corrected chi connectivity index (χ4v) is 0.333. The number of hydrogen-bond acceptors (Lipinski definition) is 0. The molecule has 0 unspecified atom stereocenters. The van der Waals surface area contributed by atoms with Crippen LogP contribution in [0.4, 0.5) is 0 Å². The molecule has 1 radical (unpaired) electrons. The highest BCUT2D eigenvalue weighted by atomic mass is 13.8. The Hall–Kier alpha value is -0.260. The zero-order chi connectivity index (χ0) is 4.99. The molecule has 6 heavy (non-hydrogen) atoms. The van der Waals surface area contributed by atoms with E-state index in [0.29, 0.717) is 5.92 Å². The van der Waals surface area contributed by atoms with Gasteiger partial charge in [0.25, 0.3) is 0 Å². The van der Waals surface area contributed by atoms with Gasteiger partial charge in [0, 0.05) is 0 Å². The minimum Gasteiger partial charge on any atom is -0.0788 e. The lowest BCUT2D eigenvalue weighted by molar-refractivity contribution is 0.827. The summed E-state index contributed by atoms with van der Waals surface area (Å²) in [6.45, 7) is 6.19. The molecule has 35 valence electrons. The molecule has 0 rings (SSSR count). The van der Waals surface area contributed by atoms with Crippen LogP contribution in [0.15, 0.2) is 6.08 Å². The second-order valence-electron chi connectivity index (χ2n) is 1.70. The lowest BCUT2D eigenvalue weighted by Crippen LogP contribution is -1.73. The fraction of sp³-hybridized carbons (Fsp3) is 0.667. The van der Waals surface area contributed by atoms with Crippen LogP contribution in [0.2, 0.25) is 0 Å². The van der Waals surface area contributed by atoms with Crippen LogP contribution in [0, 0.1) is 12.0 Å². The van der Waals surface area contributed by atoms with Crippen LogP contribution in [0.5, 0.6) is 0 Å². The molecule has 0 aliphatic rings. The summed E-state index contributed by atoms with van der Waals surface area (Å²) in [6, 6.07) is 0. The van der Waals surface area contributed by atoms with Gasteiger partial charge in [0.2, 0.25) is 0 Å². The Bertz CT molecular complexity index is 42.0. The van der Waals surface area contributed by atoms with Gasteiger partial charge in [-0.05, 0) is 12.8 Å². The maximum Gasteiger partial charge on any atom is -0.0285 e. The predicted octanol–water partition coefficient (Wildman–Crippen LogP) is 2.02. The summed E-state index contributed by atoms with van der Waals surface area (Å²) in [5.74, 6) is 0.662. The molecule has 0 aliphatic heterocycles. The van der Waals surface area contributed by atoms with Gasteiger partial charge in [0.1, 0.15) is 0 Å². The van der Waals surface area contributed by atoms with Gasteiger partial charge in [-0.15, -0.1) is 0 Å². The fourth-order valence-electron chi connectivity index (χ4n) is 0.333. The highest BCUT2D eigenvalue weighted by Gasteiger charge is 1.76.